The van der Waals surface area contributed by atoms with Crippen LogP contribution in [-0.4, -0.2) is 53.7 Å². The second-order valence-electron chi connectivity index (χ2n) is 4.43. The predicted octanol–water partition coefficient (Wildman–Crippen LogP) is 0.0455. The Balaban J connectivity index is 2.65. The van der Waals surface area contributed by atoms with Gasteiger partial charge in [0.15, 0.2) is 0 Å². The third kappa shape index (κ3) is 2.53. The van der Waals surface area contributed by atoms with Crippen molar-refractivity contribution in [3.8, 4) is 0 Å². The number of nitrogens with zero attached hydrogens (tertiary/aromatic N) is 1. The first-order valence-electron chi connectivity index (χ1n) is 4.97. The molecule has 2 unspecified atom stereocenters. The average Bonchev–Trinajstić information content (AvgIpc) is 2.16. The highest BCUT2D eigenvalue weighted by molar-refractivity contribution is 5.62. The van der Waals surface area contributed by atoms with Gasteiger partial charge in [-0.25, -0.2) is 0 Å². The molecule has 4 nitrogen and oxygen atoms in total. The molecule has 1 N–H and O–H groups in total. The van der Waals surface area contributed by atoms with Crippen LogP contribution in [0.1, 0.15) is 20.8 Å². The molecule has 0 aromatic heterocycles. The Kier molecular flexibility index (Phi) is 3.64. The van der Waals surface area contributed by atoms with Crippen LogP contribution in [0.15, 0.2) is 0 Å². The van der Waals surface area contributed by atoms with Crippen LogP contribution in [-0.2, 0) is 9.53 Å². The van der Waals surface area contributed by atoms with Crippen molar-refractivity contribution in [3.63, 3.8) is 0 Å². The maximum Gasteiger partial charge on any atom is 0.139 e. The molecule has 1 rings (SSSR count). The molecule has 0 saturated carbocycles. The molecule has 82 valence electrons. The highest BCUT2D eigenvalue weighted by Crippen LogP contribution is 2.19. The Labute approximate surface area is 84.8 Å². The minimum absolute atomic E-state index is 0.00970. The van der Waals surface area contributed by atoms with Gasteiger partial charge in [-0.15, -0.1) is 0 Å². The molecule has 1 saturated heterocycles. The largest absolute Gasteiger partial charge is 0.394 e. The van der Waals surface area contributed by atoms with Gasteiger partial charge in [0.1, 0.15) is 6.29 Å². The lowest BCUT2D eigenvalue weighted by Crippen LogP contribution is -2.56. The summed E-state index contributed by atoms with van der Waals surface area (Å²) in [5, 5.41) is 9.03. The summed E-state index contributed by atoms with van der Waals surface area (Å²) in [5.74, 6) is 0. The van der Waals surface area contributed by atoms with Crippen molar-refractivity contribution in [2.45, 2.75) is 38.5 Å². The maximum atomic E-state index is 10.9. The summed E-state index contributed by atoms with van der Waals surface area (Å²) in [7, 11) is 0. The molecule has 4 heteroatoms. The van der Waals surface area contributed by atoms with Crippen molar-refractivity contribution in [2.24, 2.45) is 0 Å². The fraction of sp³-hybridized carbons (Fsp3) is 0.900. The van der Waals surface area contributed by atoms with E-state index in [1.807, 2.05) is 20.8 Å². The van der Waals surface area contributed by atoms with Crippen molar-refractivity contribution in [1.82, 2.24) is 4.90 Å². The van der Waals surface area contributed by atoms with Crippen LogP contribution in [0.3, 0.4) is 0 Å². The Morgan fingerprint density at radius 3 is 2.71 bits per heavy atom. The highest BCUT2D eigenvalue weighted by Gasteiger charge is 2.33. The third-order valence-electron chi connectivity index (χ3n) is 2.63. The number of aliphatic hydroxyl groups excluding tert-OH is 1. The van der Waals surface area contributed by atoms with Gasteiger partial charge in [0, 0.05) is 13.1 Å². The Morgan fingerprint density at radius 1 is 1.57 bits per heavy atom. The molecule has 14 heavy (non-hydrogen) atoms. The third-order valence-corrected chi connectivity index (χ3v) is 2.63. The number of hydrogen-bond acceptors (Lipinski definition) is 4. The van der Waals surface area contributed by atoms with Crippen LogP contribution in [0.4, 0.5) is 0 Å². The molecular weight excluding hydrogens is 182 g/mol. The van der Waals surface area contributed by atoms with E-state index in [-0.39, 0.29) is 18.8 Å². The summed E-state index contributed by atoms with van der Waals surface area (Å²) in [6.07, 6.45) is 0.845. The van der Waals surface area contributed by atoms with Crippen LogP contribution in [0.2, 0.25) is 0 Å². The van der Waals surface area contributed by atoms with Gasteiger partial charge in [-0.3, -0.25) is 4.90 Å². The quantitative estimate of drug-likeness (QED) is 0.655. The zero-order chi connectivity index (χ0) is 10.8. The molecule has 1 aliphatic rings. The van der Waals surface area contributed by atoms with E-state index >= 15 is 0 Å². The normalized spacial score (nSPS) is 30.3. The van der Waals surface area contributed by atoms with Gasteiger partial charge >= 0.3 is 0 Å². The van der Waals surface area contributed by atoms with Crippen molar-refractivity contribution in [2.75, 3.05) is 19.7 Å². The van der Waals surface area contributed by atoms with Crippen molar-refractivity contribution in [1.29, 1.82) is 0 Å². The number of hydrogen-bond donors (Lipinski definition) is 1. The van der Waals surface area contributed by atoms with Gasteiger partial charge < -0.3 is 14.6 Å². The standard InChI is InChI=1S/C10H19NO3/c1-8-4-11(10(2,3)7-13)5-9(6-12)14-8/h7-9,12H,4-6H2,1-3H3. The fourth-order valence-electron chi connectivity index (χ4n) is 1.69. The van der Waals surface area contributed by atoms with E-state index in [1.54, 1.807) is 0 Å². The minimum Gasteiger partial charge on any atom is -0.394 e. The topological polar surface area (TPSA) is 49.8 Å². The molecule has 0 aromatic rings. The van der Waals surface area contributed by atoms with Gasteiger partial charge in [0.2, 0.25) is 0 Å². The molecule has 0 aromatic carbocycles. The molecule has 0 radical (unpaired) electrons. The summed E-state index contributed by atoms with van der Waals surface area (Å²) in [6, 6.07) is 0. The Morgan fingerprint density at radius 2 is 2.21 bits per heavy atom. The summed E-state index contributed by atoms with van der Waals surface area (Å²) in [4.78, 5) is 12.9. The number of aliphatic hydroxyl groups is 1. The summed E-state index contributed by atoms with van der Waals surface area (Å²) in [6.45, 7) is 7.08. The molecule has 1 heterocycles. The Bertz CT molecular complexity index is 206. The average molecular weight is 201 g/mol. The second kappa shape index (κ2) is 4.38. The van der Waals surface area contributed by atoms with Gasteiger partial charge in [0.25, 0.3) is 0 Å². The summed E-state index contributed by atoms with van der Waals surface area (Å²) >= 11 is 0. The van der Waals surface area contributed by atoms with E-state index in [4.69, 9.17) is 9.84 Å². The first-order chi connectivity index (χ1) is 6.49. The zero-order valence-corrected chi connectivity index (χ0v) is 9.06. The van der Waals surface area contributed by atoms with E-state index in [9.17, 15) is 4.79 Å². The number of ether oxygens (including phenoxy) is 1. The lowest BCUT2D eigenvalue weighted by atomic mass is 10.0. The van der Waals surface area contributed by atoms with Crippen LogP contribution in [0.5, 0.6) is 0 Å². The predicted molar refractivity (Wildman–Crippen MR) is 53.1 cm³/mol. The first kappa shape index (κ1) is 11.6. The van der Waals surface area contributed by atoms with Crippen LogP contribution < -0.4 is 0 Å². The number of morpholine rings is 1. The molecule has 0 amide bonds. The Hall–Kier alpha value is -0.450. The smallest absolute Gasteiger partial charge is 0.139 e. The summed E-state index contributed by atoms with van der Waals surface area (Å²) < 4.78 is 5.50. The summed E-state index contributed by atoms with van der Waals surface area (Å²) in [5.41, 5.74) is -0.467. The lowest BCUT2D eigenvalue weighted by molar-refractivity contribution is -0.134. The number of carbonyl (C=O) groups is 1. The van der Waals surface area contributed by atoms with E-state index < -0.39 is 5.54 Å². The van der Waals surface area contributed by atoms with Crippen LogP contribution in [0, 0.1) is 0 Å². The molecule has 1 fully saturated rings. The van der Waals surface area contributed by atoms with Crippen molar-refractivity contribution in [3.05, 3.63) is 0 Å². The van der Waals surface area contributed by atoms with Crippen molar-refractivity contribution >= 4 is 6.29 Å². The van der Waals surface area contributed by atoms with Gasteiger partial charge in [-0.1, -0.05) is 0 Å². The van der Waals surface area contributed by atoms with E-state index in [0.29, 0.717) is 6.54 Å². The molecule has 0 spiro atoms. The minimum atomic E-state index is -0.467. The molecular formula is C10H19NO3. The van der Waals surface area contributed by atoms with Crippen LogP contribution in [0.25, 0.3) is 0 Å². The molecule has 2 atom stereocenters. The monoisotopic (exact) mass is 201 g/mol. The van der Waals surface area contributed by atoms with Crippen LogP contribution >= 0.6 is 0 Å². The van der Waals surface area contributed by atoms with Gasteiger partial charge in [0.05, 0.1) is 24.4 Å². The highest BCUT2D eigenvalue weighted by atomic mass is 16.5. The molecule has 0 bridgehead atoms. The number of aldehydes is 1. The van der Waals surface area contributed by atoms with Crippen molar-refractivity contribution < 1.29 is 14.6 Å². The van der Waals surface area contributed by atoms with E-state index in [2.05, 4.69) is 4.90 Å². The number of carbonyl (C=O) groups excluding carboxylic acids is 1. The van der Waals surface area contributed by atoms with E-state index in [1.165, 1.54) is 0 Å². The molecule has 1 aliphatic heterocycles. The zero-order valence-electron chi connectivity index (χ0n) is 9.06. The first-order valence-corrected chi connectivity index (χ1v) is 4.97. The fourth-order valence-corrected chi connectivity index (χ4v) is 1.69. The lowest BCUT2D eigenvalue weighted by Gasteiger charge is -2.42. The van der Waals surface area contributed by atoms with Gasteiger partial charge in [-0.05, 0) is 20.8 Å². The second-order valence-corrected chi connectivity index (χ2v) is 4.43. The molecule has 0 aliphatic carbocycles. The maximum absolute atomic E-state index is 10.9. The van der Waals surface area contributed by atoms with Gasteiger partial charge in [-0.2, -0.15) is 0 Å². The SMILES string of the molecule is CC1CN(C(C)(C)C=O)CC(CO)O1. The van der Waals surface area contributed by atoms with E-state index in [0.717, 1.165) is 12.8 Å². The number of rotatable bonds is 3.